The lowest BCUT2D eigenvalue weighted by Crippen LogP contribution is -2.32. The molecule has 0 atom stereocenters. The van der Waals surface area contributed by atoms with Crippen molar-refractivity contribution in [3.8, 4) is 11.5 Å². The second-order valence-electron chi connectivity index (χ2n) is 8.08. The van der Waals surface area contributed by atoms with E-state index in [-0.39, 0.29) is 0 Å². The number of benzene rings is 1. The first-order valence-electron chi connectivity index (χ1n) is 12.0. The van der Waals surface area contributed by atoms with Gasteiger partial charge in [-0.3, -0.25) is 4.99 Å². The number of aliphatic imine (C=N–C) groups is 1. The van der Waals surface area contributed by atoms with E-state index in [0.29, 0.717) is 45.7 Å². The topological polar surface area (TPSA) is 82.6 Å². The predicted octanol–water partition coefficient (Wildman–Crippen LogP) is 3.61. The zero-order valence-electron chi connectivity index (χ0n) is 19.4. The molecule has 2 aliphatic rings. The Hall–Kier alpha value is -2.03. The Kier molecular flexibility index (Phi) is 11.5. The summed E-state index contributed by atoms with van der Waals surface area (Å²) in [6.45, 7) is 5.50. The number of nitrogens with one attached hydrogen (secondary N) is 2. The maximum atomic E-state index is 5.96. The normalized spacial score (nSPS) is 16.7. The predicted molar refractivity (Wildman–Crippen MR) is 126 cm³/mol. The van der Waals surface area contributed by atoms with Crippen molar-refractivity contribution in [3.63, 3.8) is 0 Å². The third-order valence-corrected chi connectivity index (χ3v) is 5.43. The molecule has 0 aromatic heterocycles. The molecule has 1 saturated carbocycles. The Morgan fingerprint density at radius 1 is 1.00 bits per heavy atom. The molecular weight excluding hydrogens is 410 g/mol. The van der Waals surface area contributed by atoms with Crippen molar-refractivity contribution in [3.05, 3.63) is 18.2 Å². The van der Waals surface area contributed by atoms with E-state index < -0.39 is 0 Å². The van der Waals surface area contributed by atoms with Gasteiger partial charge in [-0.15, -0.1) is 0 Å². The molecule has 3 rings (SSSR count). The molecule has 1 heterocycles. The lowest BCUT2D eigenvalue weighted by atomic mass is 10.2. The van der Waals surface area contributed by atoms with E-state index in [4.69, 9.17) is 28.7 Å². The Bertz CT molecular complexity index is 680. The van der Waals surface area contributed by atoms with E-state index in [2.05, 4.69) is 10.6 Å². The molecule has 8 heteroatoms. The van der Waals surface area contributed by atoms with Crippen LogP contribution in [0.4, 0.5) is 5.69 Å². The molecule has 1 aliphatic heterocycles. The van der Waals surface area contributed by atoms with Crippen molar-refractivity contribution in [1.82, 2.24) is 5.32 Å². The minimum atomic E-state index is 0.459. The second-order valence-corrected chi connectivity index (χ2v) is 8.08. The summed E-state index contributed by atoms with van der Waals surface area (Å²) in [4.78, 5) is 4.71. The molecule has 0 spiro atoms. The maximum absolute atomic E-state index is 5.96. The van der Waals surface area contributed by atoms with Gasteiger partial charge in [0.2, 0.25) is 0 Å². The molecule has 1 aromatic carbocycles. The Labute approximate surface area is 192 Å². The van der Waals surface area contributed by atoms with E-state index in [1.807, 2.05) is 18.2 Å². The first-order valence-corrected chi connectivity index (χ1v) is 12.0. The van der Waals surface area contributed by atoms with Gasteiger partial charge in [0.05, 0.1) is 32.5 Å². The molecule has 0 bridgehead atoms. The van der Waals surface area contributed by atoms with Crippen LogP contribution in [0.1, 0.15) is 44.9 Å². The molecule has 0 amide bonds. The summed E-state index contributed by atoms with van der Waals surface area (Å²) < 4.78 is 28.0. The first kappa shape index (κ1) is 24.6. The third-order valence-electron chi connectivity index (χ3n) is 5.43. The molecule has 1 aromatic rings. The maximum Gasteiger partial charge on any atom is 0.195 e. The van der Waals surface area contributed by atoms with Crippen LogP contribution in [0.5, 0.6) is 11.5 Å². The van der Waals surface area contributed by atoms with E-state index in [9.17, 15) is 0 Å². The summed E-state index contributed by atoms with van der Waals surface area (Å²) in [5.74, 6) is 2.30. The van der Waals surface area contributed by atoms with Gasteiger partial charge in [0.15, 0.2) is 17.5 Å². The van der Waals surface area contributed by atoms with Gasteiger partial charge in [-0.05, 0) is 37.8 Å². The van der Waals surface area contributed by atoms with E-state index >= 15 is 0 Å². The van der Waals surface area contributed by atoms with Gasteiger partial charge in [0, 0.05) is 51.6 Å². The highest BCUT2D eigenvalue weighted by molar-refractivity contribution is 5.93. The highest BCUT2D eigenvalue weighted by Crippen LogP contribution is 2.32. The summed E-state index contributed by atoms with van der Waals surface area (Å²) in [6.07, 6.45) is 8.16. The largest absolute Gasteiger partial charge is 0.490 e. The second kappa shape index (κ2) is 14.9. The number of hydrogen-bond donors (Lipinski definition) is 2. The van der Waals surface area contributed by atoms with Crippen molar-refractivity contribution >= 4 is 11.6 Å². The van der Waals surface area contributed by atoms with E-state index in [1.165, 1.54) is 25.7 Å². The van der Waals surface area contributed by atoms with Crippen molar-refractivity contribution in [1.29, 1.82) is 0 Å². The minimum Gasteiger partial charge on any atom is -0.490 e. The monoisotopic (exact) mass is 449 g/mol. The summed E-state index contributed by atoms with van der Waals surface area (Å²) in [7, 11) is 1.68. The van der Waals surface area contributed by atoms with Crippen LogP contribution in [-0.2, 0) is 14.2 Å². The van der Waals surface area contributed by atoms with Crippen LogP contribution in [0, 0.1) is 0 Å². The van der Waals surface area contributed by atoms with Crippen LogP contribution < -0.4 is 20.1 Å². The molecule has 0 unspecified atom stereocenters. The van der Waals surface area contributed by atoms with Crippen LogP contribution in [0.3, 0.4) is 0 Å². The van der Waals surface area contributed by atoms with E-state index in [0.717, 1.165) is 55.6 Å². The number of anilines is 1. The van der Waals surface area contributed by atoms with Crippen molar-refractivity contribution in [2.24, 2.45) is 4.99 Å². The van der Waals surface area contributed by atoms with Gasteiger partial charge >= 0.3 is 0 Å². The number of nitrogens with zero attached hydrogens (tertiary/aromatic N) is 1. The number of methoxy groups -OCH3 is 1. The summed E-state index contributed by atoms with van der Waals surface area (Å²) in [6, 6.07) is 5.90. The van der Waals surface area contributed by atoms with Gasteiger partial charge < -0.3 is 34.3 Å². The van der Waals surface area contributed by atoms with Crippen LogP contribution in [-0.4, -0.2) is 71.9 Å². The van der Waals surface area contributed by atoms with Gasteiger partial charge in [-0.25, -0.2) is 0 Å². The molecule has 8 nitrogen and oxygen atoms in total. The average molecular weight is 450 g/mol. The summed E-state index contributed by atoms with van der Waals surface area (Å²) >= 11 is 0. The fourth-order valence-electron chi connectivity index (χ4n) is 3.70. The average Bonchev–Trinajstić information content (AvgIpc) is 3.21. The molecular formula is C24H39N3O5. The molecule has 32 heavy (non-hydrogen) atoms. The van der Waals surface area contributed by atoms with Gasteiger partial charge in [0.25, 0.3) is 0 Å². The zero-order valence-corrected chi connectivity index (χ0v) is 19.4. The minimum absolute atomic E-state index is 0.459. The molecule has 0 saturated heterocycles. The van der Waals surface area contributed by atoms with Crippen LogP contribution in [0.2, 0.25) is 0 Å². The third kappa shape index (κ3) is 9.22. The van der Waals surface area contributed by atoms with Crippen molar-refractivity contribution in [2.45, 2.75) is 51.0 Å². The lowest BCUT2D eigenvalue weighted by molar-refractivity contribution is 0.0574. The number of fused-ring (bicyclic) bond motifs is 1. The highest BCUT2D eigenvalue weighted by Gasteiger charge is 2.15. The quantitative estimate of drug-likeness (QED) is 0.270. The van der Waals surface area contributed by atoms with Gasteiger partial charge in [0.1, 0.15) is 0 Å². The van der Waals surface area contributed by atoms with Crippen molar-refractivity contribution in [2.75, 3.05) is 65.2 Å². The smallest absolute Gasteiger partial charge is 0.195 e. The van der Waals surface area contributed by atoms with E-state index in [1.54, 1.807) is 7.11 Å². The zero-order chi connectivity index (χ0) is 22.3. The Morgan fingerprint density at radius 3 is 2.69 bits per heavy atom. The Balaban J connectivity index is 1.47. The highest BCUT2D eigenvalue weighted by atomic mass is 16.5. The summed E-state index contributed by atoms with van der Waals surface area (Å²) in [5, 5.41) is 6.82. The molecule has 0 radical (unpaired) electrons. The van der Waals surface area contributed by atoms with Gasteiger partial charge in [-0.2, -0.15) is 0 Å². The number of ether oxygens (including phenoxy) is 5. The molecule has 180 valence electrons. The van der Waals surface area contributed by atoms with Crippen molar-refractivity contribution < 1.29 is 23.7 Å². The van der Waals surface area contributed by atoms with Crippen LogP contribution >= 0.6 is 0 Å². The van der Waals surface area contributed by atoms with Gasteiger partial charge in [-0.1, -0.05) is 12.8 Å². The molecule has 1 aliphatic carbocycles. The fourth-order valence-corrected chi connectivity index (χ4v) is 3.70. The number of guanidine groups is 1. The Morgan fingerprint density at radius 2 is 1.84 bits per heavy atom. The standard InChI is InChI=1S/C24H39N3O5/c1-28-17-18-29-13-4-11-25-24(26-12-5-14-30-21-7-2-3-8-21)27-20-9-10-22-23(19-20)32-16-6-15-31-22/h9-10,19,21H,2-8,11-18H2,1H3,(H2,25,26,27). The SMILES string of the molecule is COCCOCCCN=C(NCCCOC1CCCC1)Nc1ccc2c(c1)OCCCO2. The number of hydrogen-bond acceptors (Lipinski definition) is 6. The summed E-state index contributed by atoms with van der Waals surface area (Å²) in [5.41, 5.74) is 0.916. The molecule has 2 N–H and O–H groups in total. The van der Waals surface area contributed by atoms with Crippen LogP contribution in [0.25, 0.3) is 0 Å². The fraction of sp³-hybridized carbons (Fsp3) is 0.708. The lowest BCUT2D eigenvalue weighted by Gasteiger charge is -2.15. The first-order chi connectivity index (χ1) is 15.8. The molecule has 1 fully saturated rings. The van der Waals surface area contributed by atoms with Crippen LogP contribution in [0.15, 0.2) is 23.2 Å². The number of rotatable bonds is 13.